The summed E-state index contributed by atoms with van der Waals surface area (Å²) in [6, 6.07) is 0.336. The van der Waals surface area contributed by atoms with Crippen LogP contribution in [0.4, 0.5) is 0 Å². The van der Waals surface area contributed by atoms with Crippen LogP contribution >= 0.6 is 0 Å². The van der Waals surface area contributed by atoms with Crippen LogP contribution in [0.2, 0.25) is 0 Å². The third kappa shape index (κ3) is 5.20. The molecule has 4 nitrogen and oxygen atoms in total. The monoisotopic (exact) mass is 240 g/mol. The molecule has 0 aromatic carbocycles. The Morgan fingerprint density at radius 3 is 2.47 bits per heavy atom. The van der Waals surface area contributed by atoms with Crippen LogP contribution in [0.15, 0.2) is 0 Å². The second-order valence-electron chi connectivity index (χ2n) is 4.84. The van der Waals surface area contributed by atoms with E-state index in [2.05, 4.69) is 12.2 Å². The zero-order valence-electron chi connectivity index (χ0n) is 11.0. The number of amides is 2. The molecule has 1 fully saturated rings. The Bertz CT molecular complexity index is 260. The maximum atomic E-state index is 11.8. The lowest BCUT2D eigenvalue weighted by atomic mass is 10.2. The minimum absolute atomic E-state index is 0.0109. The average molecular weight is 240 g/mol. The van der Waals surface area contributed by atoms with Crippen LogP contribution in [0, 0.1) is 0 Å². The van der Waals surface area contributed by atoms with Crippen molar-refractivity contribution >= 4 is 11.8 Å². The van der Waals surface area contributed by atoms with Crippen LogP contribution in [0.25, 0.3) is 0 Å². The van der Waals surface area contributed by atoms with Crippen molar-refractivity contribution in [2.45, 2.75) is 58.4 Å². The minimum atomic E-state index is -0.0139. The molecule has 1 aliphatic carbocycles. The highest BCUT2D eigenvalue weighted by Crippen LogP contribution is 2.17. The first-order valence-corrected chi connectivity index (χ1v) is 6.68. The van der Waals surface area contributed by atoms with E-state index in [0.717, 1.165) is 25.7 Å². The van der Waals surface area contributed by atoms with E-state index in [1.165, 1.54) is 19.8 Å². The van der Waals surface area contributed by atoms with Crippen molar-refractivity contribution in [3.05, 3.63) is 0 Å². The molecule has 1 saturated carbocycles. The summed E-state index contributed by atoms with van der Waals surface area (Å²) in [6.07, 6.45) is 6.57. The molecule has 4 heteroatoms. The summed E-state index contributed by atoms with van der Waals surface area (Å²) in [4.78, 5) is 24.8. The van der Waals surface area contributed by atoms with Gasteiger partial charge in [-0.3, -0.25) is 9.59 Å². The third-order valence-electron chi connectivity index (χ3n) is 3.28. The van der Waals surface area contributed by atoms with Gasteiger partial charge < -0.3 is 10.2 Å². The van der Waals surface area contributed by atoms with Gasteiger partial charge in [-0.25, -0.2) is 0 Å². The van der Waals surface area contributed by atoms with E-state index in [1.807, 2.05) is 0 Å². The van der Waals surface area contributed by atoms with Crippen LogP contribution in [-0.2, 0) is 9.59 Å². The fourth-order valence-electron chi connectivity index (χ4n) is 2.21. The van der Waals surface area contributed by atoms with Crippen molar-refractivity contribution in [3.8, 4) is 0 Å². The molecule has 1 N–H and O–H groups in total. The van der Waals surface area contributed by atoms with Crippen LogP contribution in [0.3, 0.4) is 0 Å². The fourth-order valence-corrected chi connectivity index (χ4v) is 2.21. The first kappa shape index (κ1) is 14.0. The molecule has 0 heterocycles. The Morgan fingerprint density at radius 1 is 1.29 bits per heavy atom. The number of hydrogen-bond donors (Lipinski definition) is 1. The van der Waals surface area contributed by atoms with E-state index in [-0.39, 0.29) is 18.4 Å². The molecule has 17 heavy (non-hydrogen) atoms. The maximum absolute atomic E-state index is 11.8. The van der Waals surface area contributed by atoms with E-state index in [0.29, 0.717) is 12.6 Å². The van der Waals surface area contributed by atoms with Crippen molar-refractivity contribution in [2.75, 3.05) is 13.1 Å². The van der Waals surface area contributed by atoms with Gasteiger partial charge >= 0.3 is 0 Å². The number of hydrogen-bond acceptors (Lipinski definition) is 2. The number of carbonyl (C=O) groups excluding carboxylic acids is 2. The molecule has 0 aliphatic heterocycles. The van der Waals surface area contributed by atoms with Crippen molar-refractivity contribution < 1.29 is 9.59 Å². The lowest BCUT2D eigenvalue weighted by molar-refractivity contribution is -0.134. The van der Waals surface area contributed by atoms with Gasteiger partial charge in [0.25, 0.3) is 0 Å². The van der Waals surface area contributed by atoms with Gasteiger partial charge in [0.05, 0.1) is 6.54 Å². The minimum Gasteiger partial charge on any atom is -0.352 e. The van der Waals surface area contributed by atoms with E-state index in [1.54, 1.807) is 4.90 Å². The summed E-state index contributed by atoms with van der Waals surface area (Å²) in [6.45, 7) is 4.51. The van der Waals surface area contributed by atoms with Crippen LogP contribution in [0.5, 0.6) is 0 Å². The second kappa shape index (κ2) is 7.30. The van der Waals surface area contributed by atoms with Gasteiger partial charge in [-0.2, -0.15) is 0 Å². The summed E-state index contributed by atoms with van der Waals surface area (Å²) in [5.74, 6) is -0.0248. The summed E-state index contributed by atoms with van der Waals surface area (Å²) in [5.41, 5.74) is 0. The molecule has 0 bridgehead atoms. The van der Waals surface area contributed by atoms with Gasteiger partial charge in [0.1, 0.15) is 0 Å². The molecule has 0 unspecified atom stereocenters. The Morgan fingerprint density at radius 2 is 1.94 bits per heavy atom. The van der Waals surface area contributed by atoms with Crippen LogP contribution in [0.1, 0.15) is 52.4 Å². The molecular weight excluding hydrogens is 216 g/mol. The second-order valence-corrected chi connectivity index (χ2v) is 4.84. The molecule has 0 aromatic heterocycles. The zero-order valence-corrected chi connectivity index (χ0v) is 11.0. The molecule has 0 atom stereocenters. The van der Waals surface area contributed by atoms with Gasteiger partial charge in [0.15, 0.2) is 0 Å². The van der Waals surface area contributed by atoms with Gasteiger partial charge in [0.2, 0.25) is 11.8 Å². The average Bonchev–Trinajstić information content (AvgIpc) is 2.76. The van der Waals surface area contributed by atoms with Crippen LogP contribution < -0.4 is 5.32 Å². The first-order valence-electron chi connectivity index (χ1n) is 6.68. The van der Waals surface area contributed by atoms with Gasteiger partial charge in [-0.15, -0.1) is 0 Å². The number of nitrogens with zero attached hydrogens (tertiary/aromatic N) is 1. The van der Waals surface area contributed by atoms with E-state index >= 15 is 0 Å². The quantitative estimate of drug-likeness (QED) is 0.768. The molecule has 0 spiro atoms. The topological polar surface area (TPSA) is 49.4 Å². The third-order valence-corrected chi connectivity index (χ3v) is 3.28. The number of unbranched alkanes of at least 4 members (excludes halogenated alkanes) is 1. The standard InChI is InChI=1S/C13H24N2O2/c1-3-4-9-15(11(2)16)10-13(17)14-12-7-5-6-8-12/h12H,3-10H2,1-2H3,(H,14,17). The summed E-state index contributed by atoms with van der Waals surface area (Å²) in [7, 11) is 0. The van der Waals surface area contributed by atoms with E-state index < -0.39 is 0 Å². The zero-order chi connectivity index (χ0) is 12.7. The lowest BCUT2D eigenvalue weighted by Crippen LogP contribution is -2.43. The molecule has 1 rings (SSSR count). The molecule has 0 saturated heterocycles. The van der Waals surface area contributed by atoms with Crippen molar-refractivity contribution in [1.29, 1.82) is 0 Å². The molecule has 0 radical (unpaired) electrons. The molecule has 0 aromatic rings. The largest absolute Gasteiger partial charge is 0.352 e. The maximum Gasteiger partial charge on any atom is 0.239 e. The smallest absolute Gasteiger partial charge is 0.239 e. The highest BCUT2D eigenvalue weighted by molar-refractivity contribution is 5.83. The van der Waals surface area contributed by atoms with E-state index in [4.69, 9.17) is 0 Å². The molecule has 2 amide bonds. The summed E-state index contributed by atoms with van der Waals surface area (Å²) < 4.78 is 0. The molecule has 98 valence electrons. The number of carbonyl (C=O) groups is 2. The Hall–Kier alpha value is -1.06. The van der Waals surface area contributed by atoms with Gasteiger partial charge in [-0.1, -0.05) is 26.2 Å². The highest BCUT2D eigenvalue weighted by Gasteiger charge is 2.19. The first-order chi connectivity index (χ1) is 8.13. The number of rotatable bonds is 6. The Balaban J connectivity index is 2.32. The van der Waals surface area contributed by atoms with Gasteiger partial charge in [0, 0.05) is 19.5 Å². The van der Waals surface area contributed by atoms with Gasteiger partial charge in [-0.05, 0) is 19.3 Å². The summed E-state index contributed by atoms with van der Waals surface area (Å²) >= 11 is 0. The molecular formula is C13H24N2O2. The Labute approximate surface area is 104 Å². The summed E-state index contributed by atoms with van der Waals surface area (Å²) in [5, 5.41) is 3.01. The lowest BCUT2D eigenvalue weighted by Gasteiger charge is -2.21. The highest BCUT2D eigenvalue weighted by atomic mass is 16.2. The van der Waals surface area contributed by atoms with Crippen LogP contribution in [-0.4, -0.2) is 35.8 Å². The normalized spacial score (nSPS) is 15.9. The van der Waals surface area contributed by atoms with Crippen molar-refractivity contribution in [3.63, 3.8) is 0 Å². The molecule has 1 aliphatic rings. The van der Waals surface area contributed by atoms with E-state index in [9.17, 15) is 9.59 Å². The fraction of sp³-hybridized carbons (Fsp3) is 0.846. The number of nitrogens with one attached hydrogen (secondary N) is 1. The van der Waals surface area contributed by atoms with Crippen molar-refractivity contribution in [1.82, 2.24) is 10.2 Å². The predicted octanol–water partition coefficient (Wildman–Crippen LogP) is 1.69. The SMILES string of the molecule is CCCCN(CC(=O)NC1CCCC1)C(C)=O. The predicted molar refractivity (Wildman–Crippen MR) is 67.6 cm³/mol. The Kier molecular flexibility index (Phi) is 6.01. The van der Waals surface area contributed by atoms with Crippen molar-refractivity contribution in [2.24, 2.45) is 0 Å².